The van der Waals surface area contributed by atoms with E-state index < -0.39 is 17.4 Å². The number of carbonyl (C=O) groups is 2. The average molecular weight is 262 g/mol. The maximum absolute atomic E-state index is 11.8. The molecule has 2 rings (SSSR count). The number of carbonyl (C=O) groups excluding carboxylic acids is 2. The van der Waals surface area contributed by atoms with Crippen molar-refractivity contribution in [2.24, 2.45) is 0 Å². The summed E-state index contributed by atoms with van der Waals surface area (Å²) in [4.78, 5) is 23.6. The molecule has 1 saturated carbocycles. The molecule has 5 heteroatoms. The minimum Gasteiger partial charge on any atom is -0.394 e. The summed E-state index contributed by atoms with van der Waals surface area (Å²) in [5, 5.41) is 14.6. The van der Waals surface area contributed by atoms with E-state index in [1.807, 2.05) is 6.07 Å². The first-order chi connectivity index (χ1) is 9.15. The molecule has 5 nitrogen and oxygen atoms in total. The maximum Gasteiger partial charge on any atom is 0.313 e. The van der Waals surface area contributed by atoms with Crippen LogP contribution < -0.4 is 10.6 Å². The Balaban J connectivity index is 1.94. The molecule has 0 spiro atoms. The number of rotatable bonds is 3. The molecule has 0 radical (unpaired) electrons. The molecule has 0 saturated heterocycles. The number of anilines is 1. The summed E-state index contributed by atoms with van der Waals surface area (Å²) in [5.74, 6) is -1.40. The lowest BCUT2D eigenvalue weighted by molar-refractivity contribution is -0.137. The first kappa shape index (κ1) is 13.5. The number of hydrogen-bond donors (Lipinski definition) is 3. The highest BCUT2D eigenvalue weighted by atomic mass is 16.3. The standard InChI is InChI=1S/C14H18N2O3/c17-10-14(8-4-5-9-14)16-13(19)12(18)15-11-6-2-1-3-7-11/h1-3,6-7,17H,4-5,8-10H2,(H,15,18)(H,16,19). The van der Waals surface area contributed by atoms with Crippen LogP contribution >= 0.6 is 0 Å². The second kappa shape index (κ2) is 5.84. The largest absolute Gasteiger partial charge is 0.394 e. The highest BCUT2D eigenvalue weighted by Crippen LogP contribution is 2.28. The lowest BCUT2D eigenvalue weighted by atomic mass is 9.99. The SMILES string of the molecule is O=C(Nc1ccccc1)C(=O)NC1(CO)CCCC1. The van der Waals surface area contributed by atoms with Gasteiger partial charge >= 0.3 is 11.8 Å². The smallest absolute Gasteiger partial charge is 0.313 e. The minimum absolute atomic E-state index is 0.128. The molecule has 0 aromatic heterocycles. The molecule has 1 aromatic rings. The summed E-state index contributed by atoms with van der Waals surface area (Å²) in [5.41, 5.74) is -0.0439. The van der Waals surface area contributed by atoms with Gasteiger partial charge in [0.25, 0.3) is 0 Å². The van der Waals surface area contributed by atoms with Gasteiger partial charge in [-0.2, -0.15) is 0 Å². The van der Waals surface area contributed by atoms with Gasteiger partial charge < -0.3 is 15.7 Å². The third-order valence-electron chi connectivity index (χ3n) is 3.48. The van der Waals surface area contributed by atoms with Crippen molar-refractivity contribution in [1.29, 1.82) is 0 Å². The van der Waals surface area contributed by atoms with Crippen LogP contribution in [0, 0.1) is 0 Å². The highest BCUT2D eigenvalue weighted by molar-refractivity contribution is 6.39. The van der Waals surface area contributed by atoms with Crippen molar-refractivity contribution in [3.05, 3.63) is 30.3 Å². The minimum atomic E-state index is -0.703. The Kier molecular flexibility index (Phi) is 4.16. The van der Waals surface area contributed by atoms with E-state index in [-0.39, 0.29) is 6.61 Å². The molecule has 0 bridgehead atoms. The number of nitrogens with one attached hydrogen (secondary N) is 2. The molecule has 3 N–H and O–H groups in total. The van der Waals surface area contributed by atoms with E-state index in [9.17, 15) is 14.7 Å². The molecule has 1 fully saturated rings. The fourth-order valence-corrected chi connectivity index (χ4v) is 2.38. The summed E-state index contributed by atoms with van der Waals surface area (Å²) in [6.07, 6.45) is 3.35. The summed E-state index contributed by atoms with van der Waals surface area (Å²) in [7, 11) is 0. The molecule has 102 valence electrons. The van der Waals surface area contributed by atoms with Crippen molar-refractivity contribution in [1.82, 2.24) is 5.32 Å². The third-order valence-corrected chi connectivity index (χ3v) is 3.48. The topological polar surface area (TPSA) is 78.4 Å². The van der Waals surface area contributed by atoms with Crippen LogP contribution in [0.15, 0.2) is 30.3 Å². The first-order valence-corrected chi connectivity index (χ1v) is 6.45. The molecule has 0 atom stereocenters. The average Bonchev–Trinajstić information content (AvgIpc) is 2.89. The van der Waals surface area contributed by atoms with Crippen LogP contribution in [0.4, 0.5) is 5.69 Å². The highest BCUT2D eigenvalue weighted by Gasteiger charge is 2.36. The summed E-state index contributed by atoms with van der Waals surface area (Å²) >= 11 is 0. The van der Waals surface area contributed by atoms with E-state index in [1.165, 1.54) is 0 Å². The first-order valence-electron chi connectivity index (χ1n) is 6.45. The van der Waals surface area contributed by atoms with Crippen LogP contribution in [0.5, 0.6) is 0 Å². The monoisotopic (exact) mass is 262 g/mol. The van der Waals surface area contributed by atoms with E-state index in [0.717, 1.165) is 12.8 Å². The van der Waals surface area contributed by atoms with Crippen LogP contribution in [0.2, 0.25) is 0 Å². The summed E-state index contributed by atoms with van der Waals surface area (Å²) < 4.78 is 0. The van der Waals surface area contributed by atoms with Gasteiger partial charge in [-0.15, -0.1) is 0 Å². The quantitative estimate of drug-likeness (QED) is 0.712. The molecule has 0 aliphatic heterocycles. The van der Waals surface area contributed by atoms with E-state index in [4.69, 9.17) is 0 Å². The van der Waals surface area contributed by atoms with Gasteiger partial charge in [0.15, 0.2) is 0 Å². The molecular formula is C14H18N2O3. The van der Waals surface area contributed by atoms with Gasteiger partial charge in [0.2, 0.25) is 0 Å². The van der Waals surface area contributed by atoms with Crippen molar-refractivity contribution in [2.75, 3.05) is 11.9 Å². The number of benzene rings is 1. The van der Waals surface area contributed by atoms with Crippen LogP contribution in [-0.4, -0.2) is 29.1 Å². The van der Waals surface area contributed by atoms with Crippen LogP contribution in [0.1, 0.15) is 25.7 Å². The summed E-state index contributed by atoms with van der Waals surface area (Å²) in [6, 6.07) is 8.81. The van der Waals surface area contributed by atoms with Crippen molar-refractivity contribution in [2.45, 2.75) is 31.2 Å². The van der Waals surface area contributed by atoms with E-state index in [0.29, 0.717) is 18.5 Å². The van der Waals surface area contributed by atoms with Gasteiger partial charge in [-0.25, -0.2) is 0 Å². The number of hydrogen-bond acceptors (Lipinski definition) is 3. The Bertz CT molecular complexity index is 453. The Labute approximate surface area is 112 Å². The van der Waals surface area contributed by atoms with Crippen molar-refractivity contribution >= 4 is 17.5 Å². The molecule has 1 aromatic carbocycles. The summed E-state index contributed by atoms with van der Waals surface area (Å²) in [6.45, 7) is -0.128. The Morgan fingerprint density at radius 1 is 1.11 bits per heavy atom. The third kappa shape index (κ3) is 3.32. The van der Waals surface area contributed by atoms with Crippen LogP contribution in [0.3, 0.4) is 0 Å². The predicted octanol–water partition coefficient (Wildman–Crippen LogP) is 1.05. The predicted molar refractivity (Wildman–Crippen MR) is 71.5 cm³/mol. The van der Waals surface area contributed by atoms with Crippen molar-refractivity contribution < 1.29 is 14.7 Å². The lowest BCUT2D eigenvalue weighted by Crippen LogP contribution is -2.52. The number of amides is 2. The molecule has 0 heterocycles. The number of para-hydroxylation sites is 1. The Morgan fingerprint density at radius 3 is 2.32 bits per heavy atom. The van der Waals surface area contributed by atoms with E-state index in [1.54, 1.807) is 24.3 Å². The van der Waals surface area contributed by atoms with Crippen molar-refractivity contribution in [3.63, 3.8) is 0 Å². The zero-order valence-electron chi connectivity index (χ0n) is 10.7. The molecule has 2 amide bonds. The molecular weight excluding hydrogens is 244 g/mol. The van der Waals surface area contributed by atoms with Crippen LogP contribution in [-0.2, 0) is 9.59 Å². The van der Waals surface area contributed by atoms with Gasteiger partial charge in [0.05, 0.1) is 12.1 Å². The maximum atomic E-state index is 11.8. The zero-order valence-corrected chi connectivity index (χ0v) is 10.7. The fraction of sp³-hybridized carbons (Fsp3) is 0.429. The molecule has 0 unspecified atom stereocenters. The lowest BCUT2D eigenvalue weighted by Gasteiger charge is -2.27. The van der Waals surface area contributed by atoms with E-state index in [2.05, 4.69) is 10.6 Å². The molecule has 1 aliphatic rings. The van der Waals surface area contributed by atoms with Crippen molar-refractivity contribution in [3.8, 4) is 0 Å². The second-order valence-corrected chi connectivity index (χ2v) is 4.92. The molecule has 1 aliphatic carbocycles. The zero-order chi connectivity index (χ0) is 13.7. The number of aliphatic hydroxyl groups excluding tert-OH is 1. The van der Waals surface area contributed by atoms with Gasteiger partial charge in [-0.3, -0.25) is 9.59 Å². The second-order valence-electron chi connectivity index (χ2n) is 4.92. The van der Waals surface area contributed by atoms with Gasteiger partial charge in [-0.1, -0.05) is 31.0 Å². The van der Waals surface area contributed by atoms with Gasteiger partial charge in [0.1, 0.15) is 0 Å². The van der Waals surface area contributed by atoms with Gasteiger partial charge in [0, 0.05) is 5.69 Å². The van der Waals surface area contributed by atoms with Crippen LogP contribution in [0.25, 0.3) is 0 Å². The van der Waals surface area contributed by atoms with Gasteiger partial charge in [-0.05, 0) is 25.0 Å². The Hall–Kier alpha value is -1.88. The number of aliphatic hydroxyl groups is 1. The Morgan fingerprint density at radius 2 is 1.74 bits per heavy atom. The molecule has 19 heavy (non-hydrogen) atoms. The normalized spacial score (nSPS) is 16.9. The fourth-order valence-electron chi connectivity index (χ4n) is 2.38. The van der Waals surface area contributed by atoms with E-state index >= 15 is 0 Å².